The summed E-state index contributed by atoms with van der Waals surface area (Å²) >= 11 is 0. The van der Waals surface area contributed by atoms with E-state index in [0.29, 0.717) is 42.8 Å². The fourth-order valence-electron chi connectivity index (χ4n) is 9.33. The normalized spacial score (nSPS) is 33.5. The topological polar surface area (TPSA) is 83.6 Å². The van der Waals surface area contributed by atoms with E-state index in [0.717, 1.165) is 80.6 Å². The van der Waals surface area contributed by atoms with E-state index < -0.39 is 12.2 Å². The molecule has 5 rings (SSSR count). The standard InChI is InChI=1S/C38H57NO4/c1-6-8-12-30-24-39-36(43-30)38(20-21-38)33(34(41)10-7-2)16-13-25(3)31-17-18-32-27(11-9-19-37(31,32)5)14-15-28-22-29(40)23-35(42)26(28)4/h14-15,24-25,29,31-33,35,40,42H,4,6-13,16-23H2,1-3,5H3/t25-,29-,31-,32+,33+,35+,37-/m1/s1. The Morgan fingerprint density at radius 2 is 1.95 bits per heavy atom. The van der Waals surface area contributed by atoms with Crippen LogP contribution in [0.1, 0.15) is 136 Å². The van der Waals surface area contributed by atoms with Gasteiger partial charge in [0.15, 0.2) is 0 Å². The molecule has 7 atom stereocenters. The SMILES string of the molecule is C=C1C(=CC=C2CCC[C@]3(C)[C@@H]([C@H](C)CC[C@@H](C(=O)CCC)C4(c5ncc(CCCC)o5)CC4)CC[C@@H]23)C[C@@H](O)C[C@@H]1O. The molecule has 1 heterocycles. The molecule has 1 aromatic rings. The van der Waals surface area contributed by atoms with Gasteiger partial charge in [-0.05, 0) is 111 Å². The number of ketones is 1. The highest BCUT2D eigenvalue weighted by molar-refractivity contribution is 5.83. The average Bonchev–Trinajstić information content (AvgIpc) is 3.47. The van der Waals surface area contributed by atoms with Gasteiger partial charge in [0.25, 0.3) is 0 Å². The molecule has 4 fully saturated rings. The highest BCUT2D eigenvalue weighted by Gasteiger charge is 2.57. The summed E-state index contributed by atoms with van der Waals surface area (Å²) in [6.07, 6.45) is 21.0. The van der Waals surface area contributed by atoms with Crippen molar-refractivity contribution < 1.29 is 19.4 Å². The van der Waals surface area contributed by atoms with Crippen LogP contribution in [0.2, 0.25) is 0 Å². The molecule has 0 spiro atoms. The summed E-state index contributed by atoms with van der Waals surface area (Å²) in [5.74, 6) is 4.02. The second-order valence-corrected chi connectivity index (χ2v) is 14.9. The van der Waals surface area contributed by atoms with Crippen LogP contribution in [0.5, 0.6) is 0 Å². The van der Waals surface area contributed by atoms with Crippen LogP contribution < -0.4 is 0 Å². The van der Waals surface area contributed by atoms with Crippen molar-refractivity contribution in [3.63, 3.8) is 0 Å². The van der Waals surface area contributed by atoms with Crippen molar-refractivity contribution >= 4 is 5.78 Å². The molecular formula is C38H57NO4. The van der Waals surface area contributed by atoms with E-state index in [4.69, 9.17) is 9.40 Å². The number of fused-ring (bicyclic) bond motifs is 1. The molecular weight excluding hydrogens is 534 g/mol. The van der Waals surface area contributed by atoms with Gasteiger partial charge in [-0.2, -0.15) is 0 Å². The number of aryl methyl sites for hydroxylation is 1. The number of rotatable bonds is 13. The lowest BCUT2D eigenvalue weighted by molar-refractivity contribution is -0.124. The molecule has 0 aliphatic heterocycles. The zero-order valence-electron chi connectivity index (χ0n) is 27.4. The Hall–Kier alpha value is -1.98. The molecule has 0 saturated heterocycles. The van der Waals surface area contributed by atoms with E-state index in [1.165, 1.54) is 31.3 Å². The van der Waals surface area contributed by atoms with E-state index in [9.17, 15) is 15.0 Å². The van der Waals surface area contributed by atoms with Crippen LogP contribution in [0.3, 0.4) is 0 Å². The molecule has 0 unspecified atom stereocenters. The maximum absolute atomic E-state index is 13.6. The highest BCUT2D eigenvalue weighted by Crippen LogP contribution is 2.61. The number of oxazole rings is 1. The minimum absolute atomic E-state index is 0.0142. The molecule has 4 aliphatic carbocycles. The minimum atomic E-state index is -0.642. The first-order valence-corrected chi connectivity index (χ1v) is 17.6. The first-order valence-electron chi connectivity index (χ1n) is 17.6. The van der Waals surface area contributed by atoms with Crippen LogP contribution in [0, 0.1) is 29.1 Å². The largest absolute Gasteiger partial charge is 0.445 e. The van der Waals surface area contributed by atoms with Crippen LogP contribution in [0.15, 0.2) is 46.1 Å². The van der Waals surface area contributed by atoms with E-state index in [2.05, 4.69) is 46.4 Å². The van der Waals surface area contributed by atoms with Gasteiger partial charge in [0.2, 0.25) is 5.89 Å². The summed E-state index contributed by atoms with van der Waals surface area (Å²) in [4.78, 5) is 18.3. The molecule has 5 heteroatoms. The van der Waals surface area contributed by atoms with E-state index >= 15 is 0 Å². The molecule has 1 aromatic heterocycles. The summed E-state index contributed by atoms with van der Waals surface area (Å²) in [6.45, 7) is 13.4. The third-order valence-electron chi connectivity index (χ3n) is 12.0. The smallest absolute Gasteiger partial charge is 0.201 e. The van der Waals surface area contributed by atoms with Crippen molar-refractivity contribution in [2.75, 3.05) is 0 Å². The molecule has 0 amide bonds. The van der Waals surface area contributed by atoms with E-state index in [-0.39, 0.29) is 16.7 Å². The molecule has 4 aliphatic rings. The number of aliphatic hydroxyl groups is 2. The quantitative estimate of drug-likeness (QED) is 0.240. The molecule has 5 nitrogen and oxygen atoms in total. The highest BCUT2D eigenvalue weighted by atomic mass is 16.4. The van der Waals surface area contributed by atoms with Gasteiger partial charge >= 0.3 is 0 Å². The van der Waals surface area contributed by atoms with Gasteiger partial charge < -0.3 is 14.6 Å². The first kappa shape index (κ1) is 32.4. The number of carbonyl (C=O) groups excluding carboxylic acids is 1. The fourth-order valence-corrected chi connectivity index (χ4v) is 9.33. The van der Waals surface area contributed by atoms with Crippen molar-refractivity contribution in [1.29, 1.82) is 0 Å². The molecule has 0 bridgehead atoms. The van der Waals surface area contributed by atoms with E-state index in [1.807, 2.05) is 6.20 Å². The lowest BCUT2D eigenvalue weighted by atomic mass is 9.60. The lowest BCUT2D eigenvalue weighted by Crippen LogP contribution is -2.36. The van der Waals surface area contributed by atoms with Gasteiger partial charge in [0.05, 0.1) is 23.8 Å². The van der Waals surface area contributed by atoms with Crippen molar-refractivity contribution in [3.05, 3.63) is 53.3 Å². The van der Waals surface area contributed by atoms with Crippen molar-refractivity contribution in [2.24, 2.45) is 29.1 Å². The maximum atomic E-state index is 13.6. The third kappa shape index (κ3) is 6.69. The number of Topliss-reactive ketones (excluding diaryl/α,β-unsaturated/α-hetero) is 1. The van der Waals surface area contributed by atoms with Gasteiger partial charge in [-0.15, -0.1) is 0 Å². The summed E-state index contributed by atoms with van der Waals surface area (Å²) in [5.41, 5.74) is 3.39. The molecule has 43 heavy (non-hydrogen) atoms. The number of hydrogen-bond acceptors (Lipinski definition) is 5. The lowest BCUT2D eigenvalue weighted by Gasteiger charge is -2.44. The monoisotopic (exact) mass is 591 g/mol. The number of allylic oxidation sites excluding steroid dienone is 3. The van der Waals surface area contributed by atoms with E-state index in [1.54, 1.807) is 0 Å². The Balaban J connectivity index is 1.28. The number of nitrogens with zero attached hydrogens (tertiary/aromatic N) is 1. The van der Waals surface area contributed by atoms with Crippen LogP contribution >= 0.6 is 0 Å². The van der Waals surface area contributed by atoms with Crippen molar-refractivity contribution in [3.8, 4) is 0 Å². The summed E-state index contributed by atoms with van der Waals surface area (Å²) in [7, 11) is 0. The number of aliphatic hydroxyl groups excluding tert-OH is 2. The zero-order valence-corrected chi connectivity index (χ0v) is 27.4. The number of carbonyl (C=O) groups is 1. The van der Waals surface area contributed by atoms with Gasteiger partial charge in [0.1, 0.15) is 11.5 Å². The first-order chi connectivity index (χ1) is 20.6. The number of aromatic nitrogens is 1. The predicted octanol–water partition coefficient (Wildman–Crippen LogP) is 8.59. The van der Waals surface area contributed by atoms with Crippen molar-refractivity contribution in [1.82, 2.24) is 4.98 Å². The second-order valence-electron chi connectivity index (χ2n) is 14.9. The predicted molar refractivity (Wildman–Crippen MR) is 173 cm³/mol. The zero-order chi connectivity index (χ0) is 30.8. The Kier molecular flexibility index (Phi) is 10.2. The Labute approximate surface area is 260 Å². The number of unbranched alkanes of at least 4 members (excludes halogenated alkanes) is 1. The Morgan fingerprint density at radius 3 is 2.67 bits per heavy atom. The molecule has 0 aromatic carbocycles. The summed E-state index contributed by atoms with van der Waals surface area (Å²) in [5, 5.41) is 20.5. The summed E-state index contributed by atoms with van der Waals surface area (Å²) in [6, 6.07) is 0. The van der Waals surface area contributed by atoms with Crippen LogP contribution in [0.25, 0.3) is 0 Å². The average molecular weight is 592 g/mol. The molecule has 2 N–H and O–H groups in total. The Bertz CT molecular complexity index is 1200. The number of hydrogen-bond donors (Lipinski definition) is 2. The fraction of sp³-hybridized carbons (Fsp3) is 0.737. The van der Waals surface area contributed by atoms with Crippen LogP contribution in [0.4, 0.5) is 0 Å². The van der Waals surface area contributed by atoms with Gasteiger partial charge in [-0.3, -0.25) is 4.79 Å². The second kappa shape index (κ2) is 13.6. The van der Waals surface area contributed by atoms with Gasteiger partial charge in [-0.25, -0.2) is 4.98 Å². The summed E-state index contributed by atoms with van der Waals surface area (Å²) < 4.78 is 6.31. The van der Waals surface area contributed by atoms with Crippen molar-refractivity contribution in [2.45, 2.75) is 148 Å². The molecule has 4 saturated carbocycles. The minimum Gasteiger partial charge on any atom is -0.445 e. The van der Waals surface area contributed by atoms with Gasteiger partial charge in [0, 0.05) is 25.2 Å². The molecule has 0 radical (unpaired) electrons. The molecule has 238 valence electrons. The van der Waals surface area contributed by atoms with Crippen LogP contribution in [-0.2, 0) is 16.6 Å². The third-order valence-corrected chi connectivity index (χ3v) is 12.0. The van der Waals surface area contributed by atoms with Crippen LogP contribution in [-0.4, -0.2) is 33.2 Å². The Morgan fingerprint density at radius 1 is 1.16 bits per heavy atom. The maximum Gasteiger partial charge on any atom is 0.201 e. The van der Waals surface area contributed by atoms with Gasteiger partial charge in [-0.1, -0.05) is 58.4 Å².